The lowest BCUT2D eigenvalue weighted by Crippen LogP contribution is -2.14. The molecule has 0 bridgehead atoms. The van der Waals surface area contributed by atoms with Gasteiger partial charge < -0.3 is 5.32 Å². The second-order valence-electron chi connectivity index (χ2n) is 5.19. The highest BCUT2D eigenvalue weighted by atomic mass is 14.9. The molecule has 0 aromatic heterocycles. The third-order valence-corrected chi connectivity index (χ3v) is 3.77. The van der Waals surface area contributed by atoms with Crippen LogP contribution in [0.1, 0.15) is 36.1 Å². The number of hydrogen-bond acceptors (Lipinski definition) is 1. The fourth-order valence-electron chi connectivity index (χ4n) is 2.55. The van der Waals surface area contributed by atoms with E-state index in [4.69, 9.17) is 0 Å². The highest BCUT2D eigenvalue weighted by Crippen LogP contribution is 2.26. The van der Waals surface area contributed by atoms with Gasteiger partial charge in [0.1, 0.15) is 0 Å². The molecule has 0 amide bonds. The van der Waals surface area contributed by atoms with Gasteiger partial charge in [0.25, 0.3) is 0 Å². The molecule has 2 rings (SSSR count). The van der Waals surface area contributed by atoms with Gasteiger partial charge in [-0.15, -0.1) is 0 Å². The second kappa shape index (κ2) is 6.03. The summed E-state index contributed by atoms with van der Waals surface area (Å²) in [5.74, 6) is 0. The number of rotatable bonds is 4. The lowest BCUT2D eigenvalue weighted by atomic mass is 9.96. The predicted molar refractivity (Wildman–Crippen MR) is 83.4 cm³/mol. The van der Waals surface area contributed by atoms with E-state index in [0.717, 1.165) is 6.42 Å². The van der Waals surface area contributed by atoms with Crippen LogP contribution in [0.25, 0.3) is 11.1 Å². The Morgan fingerprint density at radius 3 is 2.26 bits per heavy atom. The molecule has 0 heterocycles. The van der Waals surface area contributed by atoms with Gasteiger partial charge in [-0.1, -0.05) is 55.0 Å². The normalized spacial score (nSPS) is 12.4. The van der Waals surface area contributed by atoms with Gasteiger partial charge in [0.2, 0.25) is 0 Å². The van der Waals surface area contributed by atoms with E-state index in [1.165, 1.54) is 27.8 Å². The molecule has 2 aromatic rings. The standard InChI is InChI=1S/C18H23N/c1-5-18(19-4)16-10-8-15(9-11-16)17-12-13(2)6-7-14(17)3/h6-12,18-19H,5H2,1-4H3. The molecule has 1 atom stereocenters. The van der Waals surface area contributed by atoms with E-state index < -0.39 is 0 Å². The van der Waals surface area contributed by atoms with Crippen LogP contribution in [0.2, 0.25) is 0 Å². The van der Waals surface area contributed by atoms with Crippen LogP contribution in [0.5, 0.6) is 0 Å². The fourth-order valence-corrected chi connectivity index (χ4v) is 2.55. The second-order valence-corrected chi connectivity index (χ2v) is 5.19. The van der Waals surface area contributed by atoms with Gasteiger partial charge in [-0.05, 0) is 49.6 Å². The summed E-state index contributed by atoms with van der Waals surface area (Å²) in [5, 5.41) is 3.35. The largest absolute Gasteiger partial charge is 0.313 e. The van der Waals surface area contributed by atoms with Gasteiger partial charge >= 0.3 is 0 Å². The van der Waals surface area contributed by atoms with E-state index in [1.807, 2.05) is 7.05 Å². The Morgan fingerprint density at radius 2 is 1.68 bits per heavy atom. The Hall–Kier alpha value is -1.60. The first kappa shape index (κ1) is 13.8. The molecule has 1 nitrogen and oxygen atoms in total. The van der Waals surface area contributed by atoms with Gasteiger partial charge in [-0.2, -0.15) is 0 Å². The number of hydrogen-bond donors (Lipinski definition) is 1. The molecular formula is C18H23N. The monoisotopic (exact) mass is 253 g/mol. The van der Waals surface area contributed by atoms with Crippen LogP contribution in [0.4, 0.5) is 0 Å². The van der Waals surface area contributed by atoms with Crippen LogP contribution in [-0.4, -0.2) is 7.05 Å². The minimum atomic E-state index is 0.452. The molecular weight excluding hydrogens is 230 g/mol. The summed E-state index contributed by atoms with van der Waals surface area (Å²) in [6.45, 7) is 6.52. The molecule has 2 aromatic carbocycles. The third kappa shape index (κ3) is 3.05. The maximum absolute atomic E-state index is 3.35. The van der Waals surface area contributed by atoms with Crippen molar-refractivity contribution in [3.8, 4) is 11.1 Å². The van der Waals surface area contributed by atoms with Crippen LogP contribution in [0.3, 0.4) is 0 Å². The van der Waals surface area contributed by atoms with E-state index in [9.17, 15) is 0 Å². The molecule has 100 valence electrons. The quantitative estimate of drug-likeness (QED) is 0.837. The minimum absolute atomic E-state index is 0.452. The Labute approximate surface area is 116 Å². The van der Waals surface area contributed by atoms with Crippen molar-refractivity contribution in [3.05, 3.63) is 59.2 Å². The third-order valence-electron chi connectivity index (χ3n) is 3.77. The Kier molecular flexibility index (Phi) is 4.39. The summed E-state index contributed by atoms with van der Waals surface area (Å²) in [6, 6.07) is 16.0. The molecule has 1 heteroatoms. The van der Waals surface area contributed by atoms with Crippen molar-refractivity contribution < 1.29 is 0 Å². The van der Waals surface area contributed by atoms with Crippen molar-refractivity contribution in [2.24, 2.45) is 0 Å². The zero-order chi connectivity index (χ0) is 13.8. The van der Waals surface area contributed by atoms with E-state index in [2.05, 4.69) is 68.6 Å². The van der Waals surface area contributed by atoms with E-state index >= 15 is 0 Å². The number of nitrogens with one attached hydrogen (secondary N) is 1. The predicted octanol–water partition coefficient (Wildman–Crippen LogP) is 4.64. The van der Waals surface area contributed by atoms with Crippen molar-refractivity contribution in [2.75, 3.05) is 7.05 Å². The number of aryl methyl sites for hydroxylation is 2. The molecule has 0 fully saturated rings. The lowest BCUT2D eigenvalue weighted by molar-refractivity contribution is 0.577. The first-order valence-electron chi connectivity index (χ1n) is 7.00. The van der Waals surface area contributed by atoms with E-state index in [0.29, 0.717) is 6.04 Å². The molecule has 0 aliphatic heterocycles. The summed E-state index contributed by atoms with van der Waals surface area (Å²) >= 11 is 0. The maximum Gasteiger partial charge on any atom is 0.0314 e. The van der Waals surface area contributed by atoms with Crippen molar-refractivity contribution >= 4 is 0 Å². The lowest BCUT2D eigenvalue weighted by Gasteiger charge is -2.15. The van der Waals surface area contributed by atoms with Crippen LogP contribution < -0.4 is 5.32 Å². The Balaban J connectivity index is 2.34. The summed E-state index contributed by atoms with van der Waals surface area (Å²) < 4.78 is 0. The summed E-state index contributed by atoms with van der Waals surface area (Å²) in [7, 11) is 2.02. The molecule has 1 N–H and O–H groups in total. The molecule has 0 aliphatic carbocycles. The molecule has 19 heavy (non-hydrogen) atoms. The number of benzene rings is 2. The van der Waals surface area contributed by atoms with Crippen molar-refractivity contribution in [1.82, 2.24) is 5.32 Å². The molecule has 0 spiro atoms. The van der Waals surface area contributed by atoms with Crippen molar-refractivity contribution in [3.63, 3.8) is 0 Å². The molecule has 0 saturated carbocycles. The Bertz CT molecular complexity index is 536. The summed E-state index contributed by atoms with van der Waals surface area (Å²) in [5.41, 5.74) is 6.64. The van der Waals surface area contributed by atoms with E-state index in [1.54, 1.807) is 0 Å². The van der Waals surface area contributed by atoms with Crippen LogP contribution in [0.15, 0.2) is 42.5 Å². The SMILES string of the molecule is CCC(NC)c1ccc(-c2cc(C)ccc2C)cc1. The first-order valence-corrected chi connectivity index (χ1v) is 7.00. The highest BCUT2D eigenvalue weighted by molar-refractivity contribution is 5.68. The molecule has 1 unspecified atom stereocenters. The molecule has 0 saturated heterocycles. The van der Waals surface area contributed by atoms with Gasteiger partial charge in [0.15, 0.2) is 0 Å². The average Bonchev–Trinajstić information content (AvgIpc) is 2.44. The van der Waals surface area contributed by atoms with E-state index in [-0.39, 0.29) is 0 Å². The Morgan fingerprint density at radius 1 is 1.00 bits per heavy atom. The van der Waals surface area contributed by atoms with Crippen molar-refractivity contribution in [2.45, 2.75) is 33.2 Å². The minimum Gasteiger partial charge on any atom is -0.313 e. The van der Waals surface area contributed by atoms with Gasteiger partial charge in [-0.25, -0.2) is 0 Å². The zero-order valence-electron chi connectivity index (χ0n) is 12.3. The average molecular weight is 253 g/mol. The van der Waals surface area contributed by atoms with Gasteiger partial charge in [0, 0.05) is 6.04 Å². The summed E-state index contributed by atoms with van der Waals surface area (Å²) in [6.07, 6.45) is 1.11. The zero-order valence-corrected chi connectivity index (χ0v) is 12.3. The topological polar surface area (TPSA) is 12.0 Å². The molecule has 0 aliphatic rings. The smallest absolute Gasteiger partial charge is 0.0314 e. The van der Waals surface area contributed by atoms with Crippen LogP contribution in [0, 0.1) is 13.8 Å². The van der Waals surface area contributed by atoms with Gasteiger partial charge in [0.05, 0.1) is 0 Å². The highest BCUT2D eigenvalue weighted by Gasteiger charge is 2.07. The van der Waals surface area contributed by atoms with Gasteiger partial charge in [-0.3, -0.25) is 0 Å². The summed E-state index contributed by atoms with van der Waals surface area (Å²) in [4.78, 5) is 0. The maximum atomic E-state index is 3.35. The fraction of sp³-hybridized carbons (Fsp3) is 0.333. The van der Waals surface area contributed by atoms with Crippen LogP contribution in [-0.2, 0) is 0 Å². The first-order chi connectivity index (χ1) is 9.15. The van der Waals surface area contributed by atoms with Crippen LogP contribution >= 0.6 is 0 Å². The van der Waals surface area contributed by atoms with Crippen molar-refractivity contribution in [1.29, 1.82) is 0 Å². The molecule has 0 radical (unpaired) electrons.